The predicted molar refractivity (Wildman–Crippen MR) is 120 cm³/mol. The molecule has 1 spiro atoms. The van der Waals surface area contributed by atoms with E-state index in [1.54, 1.807) is 30.0 Å². The maximum atomic E-state index is 13.2. The number of carbonyl (C=O) groups is 3. The van der Waals surface area contributed by atoms with Gasteiger partial charge < -0.3 is 24.7 Å². The topological polar surface area (TPSA) is 114 Å². The number of nitrogens with one attached hydrogen (secondary N) is 2. The lowest BCUT2D eigenvalue weighted by Gasteiger charge is -2.40. The van der Waals surface area contributed by atoms with E-state index in [0.717, 1.165) is 19.3 Å². The smallest absolute Gasteiger partial charge is 0.275 e. The number of aromatic nitrogens is 1. The summed E-state index contributed by atoms with van der Waals surface area (Å²) < 4.78 is 11.0. The van der Waals surface area contributed by atoms with Crippen LogP contribution in [0, 0.1) is 12.3 Å². The van der Waals surface area contributed by atoms with Gasteiger partial charge in [0.25, 0.3) is 11.8 Å². The Balaban J connectivity index is 1.41. The number of ether oxygens (including phenoxy) is 1. The van der Waals surface area contributed by atoms with Crippen molar-refractivity contribution in [3.8, 4) is 5.75 Å². The van der Waals surface area contributed by atoms with Gasteiger partial charge in [0.1, 0.15) is 12.0 Å². The van der Waals surface area contributed by atoms with Gasteiger partial charge >= 0.3 is 0 Å². The highest BCUT2D eigenvalue weighted by molar-refractivity contribution is 5.97. The third-order valence-corrected chi connectivity index (χ3v) is 6.46. The molecule has 1 fully saturated rings. The molecule has 3 amide bonds. The molecular formula is C24H30N4O5. The highest BCUT2D eigenvalue weighted by Gasteiger charge is 2.42. The van der Waals surface area contributed by atoms with Crippen molar-refractivity contribution in [2.75, 3.05) is 32.8 Å². The highest BCUT2D eigenvalue weighted by Crippen LogP contribution is 2.37. The number of likely N-dealkylation sites (tertiary alicyclic amines) is 1. The maximum absolute atomic E-state index is 13.2. The fraction of sp³-hybridized carbons (Fsp3) is 0.500. The minimum absolute atomic E-state index is 0.0143. The Morgan fingerprint density at radius 2 is 1.82 bits per heavy atom. The molecule has 0 radical (unpaired) electrons. The van der Waals surface area contributed by atoms with Gasteiger partial charge in [0.05, 0.1) is 17.6 Å². The Morgan fingerprint density at radius 1 is 1.06 bits per heavy atom. The van der Waals surface area contributed by atoms with Crippen LogP contribution in [-0.4, -0.2) is 60.4 Å². The van der Waals surface area contributed by atoms with Gasteiger partial charge in [-0.3, -0.25) is 14.4 Å². The third-order valence-electron chi connectivity index (χ3n) is 6.46. The normalized spacial score (nSPS) is 19.6. The first-order valence-corrected chi connectivity index (χ1v) is 11.5. The number of nitrogens with zero attached hydrogens (tertiary/aromatic N) is 2. The van der Waals surface area contributed by atoms with Crippen LogP contribution in [0.4, 0.5) is 0 Å². The first-order chi connectivity index (χ1) is 16.0. The summed E-state index contributed by atoms with van der Waals surface area (Å²) >= 11 is 0. The quantitative estimate of drug-likeness (QED) is 0.684. The van der Waals surface area contributed by atoms with Crippen LogP contribution in [0.15, 0.2) is 34.9 Å². The summed E-state index contributed by atoms with van der Waals surface area (Å²) in [5.41, 5.74) is 0.256. The molecule has 33 heavy (non-hydrogen) atoms. The second-order valence-corrected chi connectivity index (χ2v) is 8.64. The molecule has 0 bridgehead atoms. The van der Waals surface area contributed by atoms with Crippen molar-refractivity contribution in [1.29, 1.82) is 0 Å². The SMILES string of the molecule is Cc1nc(C(=O)N2CCC3(CCCCOc4ccccc4C(=O)NCCNC3=O)CC2)co1. The van der Waals surface area contributed by atoms with Gasteiger partial charge in [-0.1, -0.05) is 12.1 Å². The van der Waals surface area contributed by atoms with E-state index in [4.69, 9.17) is 9.15 Å². The summed E-state index contributed by atoms with van der Waals surface area (Å²) in [6, 6.07) is 7.18. The molecule has 0 aliphatic carbocycles. The van der Waals surface area contributed by atoms with Crippen molar-refractivity contribution in [2.45, 2.75) is 39.0 Å². The Hall–Kier alpha value is -3.36. The molecule has 176 valence electrons. The summed E-state index contributed by atoms with van der Waals surface area (Å²) in [7, 11) is 0. The lowest BCUT2D eigenvalue weighted by molar-refractivity contribution is -0.134. The van der Waals surface area contributed by atoms with E-state index >= 15 is 0 Å². The Kier molecular flexibility index (Phi) is 6.96. The molecule has 2 aromatic rings. The van der Waals surface area contributed by atoms with E-state index in [9.17, 15) is 14.4 Å². The molecule has 2 N–H and O–H groups in total. The molecule has 1 saturated heterocycles. The third kappa shape index (κ3) is 5.18. The first-order valence-electron chi connectivity index (χ1n) is 11.5. The van der Waals surface area contributed by atoms with Crippen molar-refractivity contribution in [1.82, 2.24) is 20.5 Å². The van der Waals surface area contributed by atoms with Crippen LogP contribution in [0.25, 0.3) is 0 Å². The van der Waals surface area contributed by atoms with Crippen LogP contribution in [-0.2, 0) is 4.79 Å². The van der Waals surface area contributed by atoms with Gasteiger partial charge in [-0.05, 0) is 44.2 Å². The summed E-state index contributed by atoms with van der Waals surface area (Å²) in [6.45, 7) is 3.81. The maximum Gasteiger partial charge on any atom is 0.275 e. The van der Waals surface area contributed by atoms with Crippen LogP contribution in [0.3, 0.4) is 0 Å². The molecule has 3 heterocycles. The standard InChI is InChI=1S/C24H30N4O5/c1-17-27-19(16-33-17)22(30)28-13-9-24(10-14-28)8-4-5-15-32-20-7-3-2-6-18(20)21(29)25-11-12-26-23(24)31/h2-3,6-7,16H,4-5,8-15H2,1H3,(H,25,29)(H,26,31). The number of rotatable bonds is 1. The van der Waals surface area contributed by atoms with E-state index in [-0.39, 0.29) is 17.7 Å². The van der Waals surface area contributed by atoms with Crippen LogP contribution < -0.4 is 15.4 Å². The van der Waals surface area contributed by atoms with E-state index < -0.39 is 5.41 Å². The number of carbonyl (C=O) groups excluding carboxylic acids is 3. The highest BCUT2D eigenvalue weighted by atomic mass is 16.5. The zero-order valence-corrected chi connectivity index (χ0v) is 18.9. The van der Waals surface area contributed by atoms with Crippen molar-refractivity contribution < 1.29 is 23.5 Å². The Labute approximate surface area is 192 Å². The zero-order valence-electron chi connectivity index (χ0n) is 18.9. The lowest BCUT2D eigenvalue weighted by Crippen LogP contribution is -2.51. The molecule has 0 atom stereocenters. The largest absolute Gasteiger partial charge is 0.493 e. The van der Waals surface area contributed by atoms with E-state index in [1.165, 1.54) is 6.26 Å². The molecule has 2 aliphatic rings. The number of amides is 3. The number of hydrogen-bond donors (Lipinski definition) is 2. The van der Waals surface area contributed by atoms with Gasteiger partial charge in [-0.15, -0.1) is 0 Å². The second kappa shape index (κ2) is 10.1. The lowest BCUT2D eigenvalue weighted by atomic mass is 9.73. The summed E-state index contributed by atoms with van der Waals surface area (Å²) in [4.78, 5) is 44.3. The number of piperidine rings is 1. The van der Waals surface area contributed by atoms with Crippen molar-refractivity contribution in [2.24, 2.45) is 5.41 Å². The fourth-order valence-corrected chi connectivity index (χ4v) is 4.51. The molecule has 1 aromatic heterocycles. The number of aryl methyl sites for hydroxylation is 1. The minimum Gasteiger partial charge on any atom is -0.493 e. The summed E-state index contributed by atoms with van der Waals surface area (Å²) in [6.07, 6.45) is 4.85. The summed E-state index contributed by atoms with van der Waals surface area (Å²) in [5, 5.41) is 5.85. The number of hydrogen-bond acceptors (Lipinski definition) is 6. The molecule has 9 heteroatoms. The average molecular weight is 455 g/mol. The Bertz CT molecular complexity index is 1010. The van der Waals surface area contributed by atoms with Crippen LogP contribution in [0.5, 0.6) is 5.75 Å². The minimum atomic E-state index is -0.539. The molecule has 1 aromatic carbocycles. The number of fused-ring (bicyclic) bond motifs is 1. The molecule has 0 saturated carbocycles. The molecule has 9 nitrogen and oxygen atoms in total. The monoisotopic (exact) mass is 454 g/mol. The van der Waals surface area contributed by atoms with Crippen LogP contribution >= 0.6 is 0 Å². The van der Waals surface area contributed by atoms with Crippen molar-refractivity contribution in [3.63, 3.8) is 0 Å². The fourth-order valence-electron chi connectivity index (χ4n) is 4.51. The Morgan fingerprint density at radius 3 is 2.58 bits per heavy atom. The van der Waals surface area contributed by atoms with Crippen LogP contribution in [0.2, 0.25) is 0 Å². The predicted octanol–water partition coefficient (Wildman–Crippen LogP) is 2.31. The molecule has 4 rings (SSSR count). The van der Waals surface area contributed by atoms with Gasteiger partial charge in [0, 0.05) is 33.1 Å². The zero-order chi connectivity index (χ0) is 23.3. The number of para-hydroxylation sites is 1. The van der Waals surface area contributed by atoms with Gasteiger partial charge in [-0.2, -0.15) is 0 Å². The number of oxazole rings is 1. The summed E-state index contributed by atoms with van der Waals surface area (Å²) in [5.74, 6) is 0.619. The number of benzene rings is 1. The first kappa shape index (κ1) is 22.8. The second-order valence-electron chi connectivity index (χ2n) is 8.64. The van der Waals surface area contributed by atoms with Gasteiger partial charge in [-0.25, -0.2) is 4.98 Å². The van der Waals surface area contributed by atoms with Crippen molar-refractivity contribution >= 4 is 17.7 Å². The van der Waals surface area contributed by atoms with Gasteiger partial charge in [0.2, 0.25) is 5.91 Å². The van der Waals surface area contributed by atoms with Crippen LogP contribution in [0.1, 0.15) is 58.8 Å². The molecule has 2 aliphatic heterocycles. The van der Waals surface area contributed by atoms with Gasteiger partial charge in [0.15, 0.2) is 11.6 Å². The van der Waals surface area contributed by atoms with Crippen molar-refractivity contribution in [3.05, 3.63) is 47.7 Å². The molecular weight excluding hydrogens is 424 g/mol. The van der Waals surface area contributed by atoms with E-state index in [2.05, 4.69) is 15.6 Å². The molecule has 0 unspecified atom stereocenters. The average Bonchev–Trinajstić information content (AvgIpc) is 3.27. The van der Waals surface area contributed by atoms with E-state index in [1.807, 2.05) is 6.07 Å². The van der Waals surface area contributed by atoms with E-state index in [0.29, 0.717) is 68.5 Å².